The number of benzene rings is 1. The fraction of sp³-hybridized carbons (Fsp3) is 0.400. The molecule has 0 radical (unpaired) electrons. The molecule has 3 rings (SSSR count). The minimum Gasteiger partial charge on any atom is -0.276 e. The first-order chi connectivity index (χ1) is 9.95. The highest BCUT2D eigenvalue weighted by Gasteiger charge is 2.55. The molecule has 1 N–H and O–H groups in total. The van der Waals surface area contributed by atoms with Crippen molar-refractivity contribution in [1.82, 2.24) is 5.32 Å². The number of nitrogens with one attached hydrogen (secondary N) is 1. The van der Waals surface area contributed by atoms with E-state index in [1.807, 2.05) is 0 Å². The van der Waals surface area contributed by atoms with E-state index in [0.717, 1.165) is 17.7 Å². The number of nitrogens with zero attached hydrogens (tertiary/aromatic N) is 1. The number of hydrogen-bond acceptors (Lipinski definition) is 3. The second kappa shape index (κ2) is 4.65. The van der Waals surface area contributed by atoms with Crippen LogP contribution in [0.25, 0.3) is 0 Å². The Morgan fingerprint density at radius 3 is 2.48 bits per heavy atom. The average molecular weight is 290 g/mol. The Labute approximate surface area is 121 Å². The monoisotopic (exact) mass is 290 g/mol. The summed E-state index contributed by atoms with van der Waals surface area (Å²) < 4.78 is 13.4. The lowest BCUT2D eigenvalue weighted by molar-refractivity contribution is -0.142. The fourth-order valence-electron chi connectivity index (χ4n) is 3.10. The Kier molecular flexibility index (Phi) is 3.04. The van der Waals surface area contributed by atoms with E-state index in [-0.39, 0.29) is 5.69 Å². The largest absolute Gasteiger partial charge is 0.335 e. The standard InChI is InChI=1S/C15H15FN2O3/c1-9-8-10(4-5-11(9)16)18-13(20)15(6-2-3-7-15)12(19)17-14(18)21/h4-5,8H,2-3,6-7H2,1H3,(H,17,19,21). The third kappa shape index (κ3) is 1.93. The molecule has 1 heterocycles. The van der Waals surface area contributed by atoms with Gasteiger partial charge in [0.15, 0.2) is 0 Å². The summed E-state index contributed by atoms with van der Waals surface area (Å²) in [4.78, 5) is 37.8. The average Bonchev–Trinajstić information content (AvgIpc) is 2.92. The smallest absolute Gasteiger partial charge is 0.276 e. The SMILES string of the molecule is Cc1cc(N2C(=O)NC(=O)C3(CCCC3)C2=O)ccc1F. The molecule has 0 unspecified atom stereocenters. The molecule has 0 bridgehead atoms. The summed E-state index contributed by atoms with van der Waals surface area (Å²) in [6.07, 6.45) is 2.45. The molecule has 2 fully saturated rings. The normalized spacial score (nSPS) is 21.0. The molecule has 4 amide bonds. The van der Waals surface area contributed by atoms with Crippen LogP contribution in [0, 0.1) is 18.2 Å². The van der Waals surface area contributed by atoms with E-state index in [1.54, 1.807) is 6.92 Å². The van der Waals surface area contributed by atoms with E-state index in [2.05, 4.69) is 5.32 Å². The zero-order chi connectivity index (χ0) is 15.2. The highest BCUT2D eigenvalue weighted by molar-refractivity contribution is 6.30. The van der Waals surface area contributed by atoms with Crippen LogP contribution in [0.3, 0.4) is 0 Å². The van der Waals surface area contributed by atoms with E-state index in [1.165, 1.54) is 18.2 Å². The maximum absolute atomic E-state index is 13.4. The molecule has 21 heavy (non-hydrogen) atoms. The molecule has 110 valence electrons. The van der Waals surface area contributed by atoms with Gasteiger partial charge in [-0.1, -0.05) is 12.8 Å². The minimum atomic E-state index is -1.14. The molecule has 6 heteroatoms. The van der Waals surface area contributed by atoms with Gasteiger partial charge in [-0.2, -0.15) is 0 Å². The van der Waals surface area contributed by atoms with Gasteiger partial charge in [0.1, 0.15) is 11.2 Å². The predicted octanol–water partition coefficient (Wildman–Crippen LogP) is 2.28. The fourth-order valence-corrected chi connectivity index (χ4v) is 3.10. The second-order valence-corrected chi connectivity index (χ2v) is 5.62. The third-order valence-corrected chi connectivity index (χ3v) is 4.33. The molecule has 2 aliphatic rings. The topological polar surface area (TPSA) is 66.5 Å². The minimum absolute atomic E-state index is 0.287. The molecule has 0 atom stereocenters. The molecule has 5 nitrogen and oxygen atoms in total. The van der Waals surface area contributed by atoms with Gasteiger partial charge >= 0.3 is 6.03 Å². The van der Waals surface area contributed by atoms with Gasteiger partial charge in [-0.25, -0.2) is 14.1 Å². The van der Waals surface area contributed by atoms with Crippen molar-refractivity contribution in [2.24, 2.45) is 5.41 Å². The number of aryl methyl sites for hydroxylation is 1. The van der Waals surface area contributed by atoms with Gasteiger partial charge in [0.25, 0.3) is 5.91 Å². The number of carbonyl (C=O) groups is 3. The van der Waals surface area contributed by atoms with Crippen molar-refractivity contribution in [2.45, 2.75) is 32.6 Å². The Hall–Kier alpha value is -2.24. The third-order valence-electron chi connectivity index (χ3n) is 4.33. The van der Waals surface area contributed by atoms with E-state index in [4.69, 9.17) is 0 Å². The van der Waals surface area contributed by atoms with E-state index in [9.17, 15) is 18.8 Å². The van der Waals surface area contributed by atoms with Crippen molar-refractivity contribution in [1.29, 1.82) is 0 Å². The lowest BCUT2D eigenvalue weighted by atomic mass is 9.82. The first kappa shape index (κ1) is 13.7. The van der Waals surface area contributed by atoms with Crippen LogP contribution in [-0.4, -0.2) is 17.8 Å². The lowest BCUT2D eigenvalue weighted by Gasteiger charge is -2.36. The number of urea groups is 1. The second-order valence-electron chi connectivity index (χ2n) is 5.62. The molecule has 1 spiro atoms. The van der Waals surface area contributed by atoms with Crippen molar-refractivity contribution < 1.29 is 18.8 Å². The number of rotatable bonds is 1. The molecule has 1 saturated carbocycles. The zero-order valence-corrected chi connectivity index (χ0v) is 11.6. The zero-order valence-electron chi connectivity index (χ0n) is 11.6. The highest BCUT2D eigenvalue weighted by Crippen LogP contribution is 2.42. The summed E-state index contributed by atoms with van der Waals surface area (Å²) in [7, 11) is 0. The molecular formula is C15H15FN2O3. The highest BCUT2D eigenvalue weighted by atomic mass is 19.1. The van der Waals surface area contributed by atoms with Crippen LogP contribution in [0.1, 0.15) is 31.2 Å². The maximum atomic E-state index is 13.4. The van der Waals surface area contributed by atoms with Gasteiger partial charge in [0.2, 0.25) is 5.91 Å². The summed E-state index contributed by atoms with van der Waals surface area (Å²) >= 11 is 0. The van der Waals surface area contributed by atoms with Crippen LogP contribution in [0.15, 0.2) is 18.2 Å². The first-order valence-electron chi connectivity index (χ1n) is 6.92. The van der Waals surface area contributed by atoms with Crippen LogP contribution < -0.4 is 10.2 Å². The Morgan fingerprint density at radius 1 is 1.19 bits per heavy atom. The van der Waals surface area contributed by atoms with Crippen LogP contribution >= 0.6 is 0 Å². The molecule has 1 aliphatic heterocycles. The van der Waals surface area contributed by atoms with Crippen molar-refractivity contribution >= 4 is 23.5 Å². The summed E-state index contributed by atoms with van der Waals surface area (Å²) in [5.74, 6) is -1.42. The van der Waals surface area contributed by atoms with Gasteiger partial charge in [-0.15, -0.1) is 0 Å². The Balaban J connectivity index is 2.04. The summed E-state index contributed by atoms with van der Waals surface area (Å²) in [6.45, 7) is 1.56. The van der Waals surface area contributed by atoms with Gasteiger partial charge < -0.3 is 0 Å². The molecule has 1 aromatic carbocycles. The van der Waals surface area contributed by atoms with Crippen molar-refractivity contribution in [3.63, 3.8) is 0 Å². The van der Waals surface area contributed by atoms with Crippen molar-refractivity contribution in [3.05, 3.63) is 29.6 Å². The molecule has 1 saturated heterocycles. The van der Waals surface area contributed by atoms with E-state index in [0.29, 0.717) is 18.4 Å². The van der Waals surface area contributed by atoms with Crippen LogP contribution in [0.2, 0.25) is 0 Å². The lowest BCUT2D eigenvalue weighted by Crippen LogP contribution is -2.63. The van der Waals surface area contributed by atoms with Gasteiger partial charge in [-0.05, 0) is 43.5 Å². The van der Waals surface area contributed by atoms with Crippen molar-refractivity contribution in [2.75, 3.05) is 4.90 Å². The number of halogens is 1. The van der Waals surface area contributed by atoms with Crippen LogP contribution in [-0.2, 0) is 9.59 Å². The summed E-state index contributed by atoms with van der Waals surface area (Å²) in [5.41, 5.74) is -0.517. The van der Waals surface area contributed by atoms with Gasteiger partial charge in [0.05, 0.1) is 5.69 Å². The Bertz CT molecular complexity index is 650. The summed E-state index contributed by atoms with van der Waals surface area (Å²) in [6, 6.07) is 3.25. The van der Waals surface area contributed by atoms with Crippen molar-refractivity contribution in [3.8, 4) is 0 Å². The molecule has 1 aromatic rings. The maximum Gasteiger partial charge on any atom is 0.335 e. The van der Waals surface area contributed by atoms with E-state index < -0.39 is 29.1 Å². The molecule has 1 aliphatic carbocycles. The van der Waals surface area contributed by atoms with Gasteiger partial charge in [-0.3, -0.25) is 14.9 Å². The number of barbiturate groups is 1. The Morgan fingerprint density at radius 2 is 1.86 bits per heavy atom. The predicted molar refractivity (Wildman–Crippen MR) is 73.1 cm³/mol. The molecular weight excluding hydrogens is 275 g/mol. The quantitative estimate of drug-likeness (QED) is 0.807. The first-order valence-corrected chi connectivity index (χ1v) is 6.92. The van der Waals surface area contributed by atoms with Gasteiger partial charge in [0, 0.05) is 0 Å². The number of amides is 4. The van der Waals surface area contributed by atoms with Crippen LogP contribution in [0.5, 0.6) is 0 Å². The van der Waals surface area contributed by atoms with E-state index >= 15 is 0 Å². The number of carbonyl (C=O) groups excluding carboxylic acids is 3. The number of anilines is 1. The van der Waals surface area contributed by atoms with Crippen LogP contribution in [0.4, 0.5) is 14.9 Å². The number of imide groups is 2. The summed E-state index contributed by atoms with van der Waals surface area (Å²) in [5, 5.41) is 2.26. The molecule has 0 aromatic heterocycles. The number of hydrogen-bond donors (Lipinski definition) is 1.